The molecular weight excluding hydrogens is 510 g/mol. The maximum atomic E-state index is 14.0. The van der Waals surface area contributed by atoms with E-state index in [4.69, 9.17) is 13.9 Å². The molecule has 0 aliphatic carbocycles. The van der Waals surface area contributed by atoms with E-state index >= 15 is 0 Å². The van der Waals surface area contributed by atoms with Gasteiger partial charge in [-0.25, -0.2) is 0 Å². The second kappa shape index (κ2) is 9.99. The summed E-state index contributed by atoms with van der Waals surface area (Å²) in [5, 5.41) is 22.4. The third-order valence-electron chi connectivity index (χ3n) is 6.70. The van der Waals surface area contributed by atoms with Crippen molar-refractivity contribution in [3.8, 4) is 23.0 Å². The number of aliphatic hydroxyl groups is 1. The van der Waals surface area contributed by atoms with Crippen LogP contribution in [0.2, 0.25) is 0 Å². The quantitative estimate of drug-likeness (QED) is 0.223. The van der Waals surface area contributed by atoms with Crippen LogP contribution in [0.3, 0.4) is 0 Å². The first kappa shape index (κ1) is 24.8. The van der Waals surface area contributed by atoms with Gasteiger partial charge in [0, 0.05) is 5.39 Å². The largest absolute Gasteiger partial charge is 0.506 e. The minimum Gasteiger partial charge on any atom is -0.506 e. The van der Waals surface area contributed by atoms with Crippen molar-refractivity contribution in [2.24, 2.45) is 0 Å². The van der Waals surface area contributed by atoms with Crippen LogP contribution in [-0.4, -0.2) is 29.0 Å². The Hall–Kier alpha value is -5.50. The molecule has 0 radical (unpaired) electrons. The molecule has 1 aromatic heterocycles. The van der Waals surface area contributed by atoms with Crippen molar-refractivity contribution in [3.63, 3.8) is 0 Å². The maximum absolute atomic E-state index is 14.0. The number of carbonyl (C=O) groups is 2. The molecule has 4 aromatic carbocycles. The summed E-state index contributed by atoms with van der Waals surface area (Å²) in [5.41, 5.74) is 0.784. The van der Waals surface area contributed by atoms with E-state index in [9.17, 15) is 19.8 Å². The number of furan rings is 1. The molecule has 5 aromatic rings. The number of phenols is 1. The molecule has 1 aliphatic rings. The van der Waals surface area contributed by atoms with Crippen LogP contribution in [-0.2, 0) is 4.79 Å². The smallest absolute Gasteiger partial charge is 0.294 e. The summed E-state index contributed by atoms with van der Waals surface area (Å²) < 4.78 is 17.2. The zero-order chi connectivity index (χ0) is 27.8. The lowest BCUT2D eigenvalue weighted by atomic mass is 9.94. The number of benzene rings is 4. The number of hydrogen-bond acceptors (Lipinski definition) is 7. The molecule has 198 valence electrons. The van der Waals surface area contributed by atoms with Crippen LogP contribution in [0, 0.1) is 0 Å². The molecular formula is C32H23NO7. The molecule has 2 N–H and O–H groups in total. The Morgan fingerprint density at radius 1 is 0.850 bits per heavy atom. The fourth-order valence-electron chi connectivity index (χ4n) is 4.88. The zero-order valence-electron chi connectivity index (χ0n) is 21.3. The first-order valence-electron chi connectivity index (χ1n) is 12.4. The van der Waals surface area contributed by atoms with Gasteiger partial charge in [0.1, 0.15) is 17.2 Å². The lowest BCUT2D eigenvalue weighted by Crippen LogP contribution is -2.31. The van der Waals surface area contributed by atoms with Crippen LogP contribution >= 0.6 is 0 Å². The number of aliphatic hydroxyl groups excluding tert-OH is 1. The molecule has 0 bridgehead atoms. The summed E-state index contributed by atoms with van der Waals surface area (Å²) in [6, 6.07) is 28.0. The normalized spacial score (nSPS) is 15.1. The number of nitrogens with zero attached hydrogens (tertiary/aromatic N) is 1. The third kappa shape index (κ3) is 4.21. The van der Waals surface area contributed by atoms with Crippen molar-refractivity contribution in [1.82, 2.24) is 0 Å². The number of ketones is 1. The standard InChI is InChI=1S/C32H23NO7/c1-38-25-16-8-10-20-18-26(40-31(20)25)29(35)27-28(33(32(37)30(27)36)23-14-5-6-15-24(23)34)19-9-7-13-22(17-19)39-21-11-3-2-4-12-21/h2-18,28,34,36H,1H3. The van der Waals surface area contributed by atoms with Gasteiger partial charge in [0.25, 0.3) is 5.91 Å². The molecule has 40 heavy (non-hydrogen) atoms. The Morgan fingerprint density at radius 2 is 1.57 bits per heavy atom. The molecule has 0 saturated carbocycles. The summed E-state index contributed by atoms with van der Waals surface area (Å²) in [6.07, 6.45) is 0. The van der Waals surface area contributed by atoms with Gasteiger partial charge >= 0.3 is 0 Å². The first-order chi connectivity index (χ1) is 19.5. The summed E-state index contributed by atoms with van der Waals surface area (Å²) in [6.45, 7) is 0. The number of phenolic OH excluding ortho intramolecular Hbond substituents is 1. The fraction of sp³-hybridized carbons (Fsp3) is 0.0625. The Balaban J connectivity index is 1.48. The van der Waals surface area contributed by atoms with Crippen LogP contribution in [0.1, 0.15) is 22.2 Å². The number of ether oxygens (including phenoxy) is 2. The van der Waals surface area contributed by atoms with Gasteiger partial charge in [-0.15, -0.1) is 0 Å². The van der Waals surface area contributed by atoms with Gasteiger partial charge in [-0.3, -0.25) is 14.5 Å². The fourth-order valence-corrected chi connectivity index (χ4v) is 4.88. The molecule has 0 fully saturated rings. The Kier molecular flexibility index (Phi) is 6.20. The van der Waals surface area contributed by atoms with Crippen molar-refractivity contribution in [2.45, 2.75) is 6.04 Å². The number of amides is 1. The summed E-state index contributed by atoms with van der Waals surface area (Å²) in [4.78, 5) is 28.7. The van der Waals surface area contributed by atoms with Crippen LogP contribution in [0.5, 0.6) is 23.0 Å². The monoisotopic (exact) mass is 533 g/mol. The van der Waals surface area contributed by atoms with Gasteiger partial charge in [-0.1, -0.05) is 54.6 Å². The highest BCUT2D eigenvalue weighted by atomic mass is 16.5. The minimum absolute atomic E-state index is 0.0744. The number of Topliss-reactive ketones (excluding diaryl/α,β-unsaturated/α-hetero) is 1. The van der Waals surface area contributed by atoms with E-state index in [-0.39, 0.29) is 22.8 Å². The number of hydrogen-bond donors (Lipinski definition) is 2. The van der Waals surface area contributed by atoms with E-state index < -0.39 is 23.5 Å². The molecule has 1 aliphatic heterocycles. The Bertz CT molecular complexity index is 1790. The van der Waals surface area contributed by atoms with E-state index in [1.54, 1.807) is 72.8 Å². The topological polar surface area (TPSA) is 109 Å². The number of methoxy groups -OCH3 is 1. The molecule has 1 atom stereocenters. The van der Waals surface area contributed by atoms with Crippen LogP contribution < -0.4 is 14.4 Å². The van der Waals surface area contributed by atoms with Crippen molar-refractivity contribution in [3.05, 3.63) is 126 Å². The highest BCUT2D eigenvalue weighted by Gasteiger charge is 2.46. The lowest BCUT2D eigenvalue weighted by Gasteiger charge is -2.27. The van der Waals surface area contributed by atoms with E-state index in [1.807, 2.05) is 18.2 Å². The van der Waals surface area contributed by atoms with Gasteiger partial charge < -0.3 is 24.1 Å². The van der Waals surface area contributed by atoms with E-state index in [1.165, 1.54) is 24.1 Å². The summed E-state index contributed by atoms with van der Waals surface area (Å²) in [7, 11) is 1.49. The van der Waals surface area contributed by atoms with Gasteiger partial charge in [0.15, 0.2) is 22.9 Å². The molecule has 8 nitrogen and oxygen atoms in total. The Labute approximate surface area is 228 Å². The third-order valence-corrected chi connectivity index (χ3v) is 6.70. The van der Waals surface area contributed by atoms with Gasteiger partial charge in [0.2, 0.25) is 5.78 Å². The predicted octanol–water partition coefficient (Wildman–Crippen LogP) is 6.72. The van der Waals surface area contributed by atoms with Gasteiger partial charge in [-0.2, -0.15) is 0 Å². The van der Waals surface area contributed by atoms with Crippen LogP contribution in [0.25, 0.3) is 11.0 Å². The van der Waals surface area contributed by atoms with Crippen molar-refractivity contribution < 1.29 is 33.7 Å². The number of aromatic hydroxyl groups is 1. The number of anilines is 1. The number of para-hydroxylation sites is 4. The molecule has 1 unspecified atom stereocenters. The number of fused-ring (bicyclic) bond motifs is 1. The van der Waals surface area contributed by atoms with Gasteiger partial charge in [-0.05, 0) is 54.1 Å². The zero-order valence-corrected chi connectivity index (χ0v) is 21.3. The SMILES string of the molecule is COc1cccc2cc(C(=O)C3=C(O)C(=O)N(c4ccccc4O)C3c3cccc(Oc4ccccc4)c3)oc12. The molecule has 1 amide bonds. The second-order valence-corrected chi connectivity index (χ2v) is 9.13. The molecule has 6 rings (SSSR count). The van der Waals surface area contributed by atoms with Crippen LogP contribution in [0.15, 0.2) is 119 Å². The van der Waals surface area contributed by atoms with Crippen molar-refractivity contribution in [1.29, 1.82) is 0 Å². The average Bonchev–Trinajstić information content (AvgIpc) is 3.53. The molecule has 2 heterocycles. The summed E-state index contributed by atoms with van der Waals surface area (Å²) in [5.74, 6) is -1.01. The van der Waals surface area contributed by atoms with Crippen LogP contribution in [0.4, 0.5) is 5.69 Å². The van der Waals surface area contributed by atoms with E-state index in [0.717, 1.165) is 0 Å². The predicted molar refractivity (Wildman–Crippen MR) is 148 cm³/mol. The number of carbonyl (C=O) groups excluding carboxylic acids is 2. The number of rotatable bonds is 7. The van der Waals surface area contributed by atoms with E-state index in [0.29, 0.717) is 33.8 Å². The van der Waals surface area contributed by atoms with Crippen molar-refractivity contribution in [2.75, 3.05) is 12.0 Å². The van der Waals surface area contributed by atoms with E-state index in [2.05, 4.69) is 0 Å². The average molecular weight is 534 g/mol. The highest BCUT2D eigenvalue weighted by Crippen LogP contribution is 2.45. The first-order valence-corrected chi connectivity index (χ1v) is 12.4. The lowest BCUT2D eigenvalue weighted by molar-refractivity contribution is -0.117. The minimum atomic E-state index is -1.09. The van der Waals surface area contributed by atoms with Crippen molar-refractivity contribution >= 4 is 28.3 Å². The maximum Gasteiger partial charge on any atom is 0.294 e. The second-order valence-electron chi connectivity index (χ2n) is 9.13. The summed E-state index contributed by atoms with van der Waals surface area (Å²) >= 11 is 0. The highest BCUT2D eigenvalue weighted by molar-refractivity contribution is 6.21. The molecule has 0 spiro atoms. The molecule has 8 heteroatoms. The Morgan fingerprint density at radius 3 is 2.35 bits per heavy atom. The van der Waals surface area contributed by atoms with Gasteiger partial charge in [0.05, 0.1) is 24.4 Å². The molecule has 0 saturated heterocycles.